The lowest BCUT2D eigenvalue weighted by Gasteiger charge is -2.05. The van der Waals surface area contributed by atoms with Gasteiger partial charge in [-0.2, -0.15) is 0 Å². The molecule has 0 radical (unpaired) electrons. The Morgan fingerprint density at radius 1 is 1.38 bits per heavy atom. The van der Waals surface area contributed by atoms with Crippen molar-refractivity contribution in [3.8, 4) is 0 Å². The van der Waals surface area contributed by atoms with E-state index in [1.54, 1.807) is 0 Å². The van der Waals surface area contributed by atoms with Gasteiger partial charge in [-0.3, -0.25) is 10.1 Å². The van der Waals surface area contributed by atoms with Crippen LogP contribution in [0.5, 0.6) is 0 Å². The van der Waals surface area contributed by atoms with Crippen molar-refractivity contribution in [3.63, 3.8) is 0 Å². The molecule has 1 atom stereocenters. The first-order chi connectivity index (χ1) is 7.63. The fourth-order valence-electron chi connectivity index (χ4n) is 1.06. The van der Waals surface area contributed by atoms with Crippen molar-refractivity contribution >= 4 is 5.69 Å². The molecule has 0 spiro atoms. The number of hydrogen-bond donors (Lipinski definition) is 0. The number of non-ortho nitro benzene ring substituents is 1. The Labute approximate surface area is 91.0 Å². The summed E-state index contributed by atoms with van der Waals surface area (Å²) in [4.78, 5) is 9.83. The van der Waals surface area contributed by atoms with Gasteiger partial charge in [0, 0.05) is 12.1 Å². The Bertz CT molecular complexity index is 342. The van der Waals surface area contributed by atoms with E-state index in [4.69, 9.17) is 4.74 Å². The predicted molar refractivity (Wildman–Crippen MR) is 53.6 cm³/mol. The molecule has 0 saturated heterocycles. The largest absolute Gasteiger partial charge is 0.374 e. The monoisotopic (exact) mass is 231 g/mol. The molecule has 16 heavy (non-hydrogen) atoms. The van der Waals surface area contributed by atoms with E-state index in [0.29, 0.717) is 5.56 Å². The number of halogens is 2. The lowest BCUT2D eigenvalue weighted by Crippen LogP contribution is -2.12. The molecule has 0 amide bonds. The van der Waals surface area contributed by atoms with Gasteiger partial charge in [-0.15, -0.1) is 0 Å². The second kappa shape index (κ2) is 6.12. The van der Waals surface area contributed by atoms with Crippen LogP contribution in [0.2, 0.25) is 0 Å². The van der Waals surface area contributed by atoms with Crippen molar-refractivity contribution in [1.82, 2.24) is 0 Å². The summed E-state index contributed by atoms with van der Waals surface area (Å²) in [6.07, 6.45) is -1.61. The molecule has 0 N–H and O–H groups in total. The number of benzene rings is 1. The highest BCUT2D eigenvalue weighted by Gasteiger charge is 2.06. The molecule has 0 bridgehead atoms. The van der Waals surface area contributed by atoms with Crippen LogP contribution in [0, 0.1) is 10.1 Å². The van der Waals surface area contributed by atoms with Crippen LogP contribution in [0.25, 0.3) is 0 Å². The van der Waals surface area contributed by atoms with Gasteiger partial charge in [0.25, 0.3) is 5.69 Å². The number of nitrogens with zero attached hydrogens (tertiary/aromatic N) is 1. The van der Waals surface area contributed by atoms with Crippen LogP contribution in [0.3, 0.4) is 0 Å². The first-order valence-electron chi connectivity index (χ1n) is 4.64. The van der Waals surface area contributed by atoms with E-state index in [-0.39, 0.29) is 18.9 Å². The van der Waals surface area contributed by atoms with Gasteiger partial charge >= 0.3 is 0 Å². The Kier molecular flexibility index (Phi) is 4.78. The molecule has 0 aliphatic carbocycles. The highest BCUT2D eigenvalue weighted by atomic mass is 19.2. The topological polar surface area (TPSA) is 52.4 Å². The summed E-state index contributed by atoms with van der Waals surface area (Å²) >= 11 is 0. The molecule has 88 valence electrons. The van der Waals surface area contributed by atoms with E-state index in [1.807, 2.05) is 0 Å². The summed E-state index contributed by atoms with van der Waals surface area (Å²) < 4.78 is 29.0. The molecule has 1 aromatic rings. The second-order valence-corrected chi connectivity index (χ2v) is 3.19. The first-order valence-corrected chi connectivity index (χ1v) is 4.64. The molecular weight excluding hydrogens is 220 g/mol. The highest BCUT2D eigenvalue weighted by Crippen LogP contribution is 2.12. The summed E-state index contributed by atoms with van der Waals surface area (Å²) in [6, 6.07) is 5.70. The molecule has 0 heterocycles. The maximum Gasteiger partial charge on any atom is 0.269 e. The summed E-state index contributed by atoms with van der Waals surface area (Å²) in [7, 11) is 0. The van der Waals surface area contributed by atoms with Crippen LogP contribution in [0.15, 0.2) is 24.3 Å². The smallest absolute Gasteiger partial charge is 0.269 e. The lowest BCUT2D eigenvalue weighted by atomic mass is 10.2. The Balaban J connectivity index is 2.40. The Morgan fingerprint density at radius 3 is 2.50 bits per heavy atom. The molecule has 1 unspecified atom stereocenters. The third-order valence-corrected chi connectivity index (χ3v) is 1.88. The van der Waals surface area contributed by atoms with E-state index < -0.39 is 17.8 Å². The highest BCUT2D eigenvalue weighted by molar-refractivity contribution is 5.32. The number of nitro benzene ring substituents is 1. The van der Waals surface area contributed by atoms with Crippen LogP contribution >= 0.6 is 0 Å². The molecular formula is C10H11F2NO3. The van der Waals surface area contributed by atoms with Crippen molar-refractivity contribution in [1.29, 1.82) is 0 Å². The van der Waals surface area contributed by atoms with Crippen molar-refractivity contribution in [3.05, 3.63) is 39.9 Å². The summed E-state index contributed by atoms with van der Waals surface area (Å²) in [5.74, 6) is 0. The number of rotatable bonds is 6. The predicted octanol–water partition coefficient (Wildman–Crippen LogP) is 2.42. The van der Waals surface area contributed by atoms with Gasteiger partial charge in [-0.05, 0) is 17.7 Å². The zero-order valence-electron chi connectivity index (χ0n) is 8.44. The van der Waals surface area contributed by atoms with E-state index in [1.165, 1.54) is 24.3 Å². The number of ether oxygens (including phenoxy) is 1. The molecule has 4 nitrogen and oxygen atoms in total. The molecule has 1 rings (SSSR count). The minimum absolute atomic E-state index is 0.0177. The van der Waals surface area contributed by atoms with Gasteiger partial charge in [0.15, 0.2) is 6.17 Å². The zero-order valence-corrected chi connectivity index (χ0v) is 8.44. The fourth-order valence-corrected chi connectivity index (χ4v) is 1.06. The minimum atomic E-state index is -1.61. The van der Waals surface area contributed by atoms with Gasteiger partial charge in [0.05, 0.1) is 18.1 Å². The van der Waals surface area contributed by atoms with Crippen molar-refractivity contribution in [2.45, 2.75) is 12.8 Å². The van der Waals surface area contributed by atoms with Crippen molar-refractivity contribution in [2.24, 2.45) is 0 Å². The third kappa shape index (κ3) is 3.90. The SMILES string of the molecule is O=[N+]([O-])c1ccc(COCC(F)CF)cc1. The molecule has 1 aromatic carbocycles. The average molecular weight is 231 g/mol. The van der Waals surface area contributed by atoms with Crippen LogP contribution in [0.4, 0.5) is 14.5 Å². The van der Waals surface area contributed by atoms with E-state index in [0.717, 1.165) is 0 Å². The summed E-state index contributed by atoms with van der Waals surface area (Å²) in [5.41, 5.74) is 0.660. The van der Waals surface area contributed by atoms with E-state index in [9.17, 15) is 18.9 Å². The van der Waals surface area contributed by atoms with Gasteiger partial charge in [0.1, 0.15) is 6.67 Å². The molecule has 0 aromatic heterocycles. The van der Waals surface area contributed by atoms with Gasteiger partial charge in [0.2, 0.25) is 0 Å². The van der Waals surface area contributed by atoms with Gasteiger partial charge in [-0.25, -0.2) is 8.78 Å². The van der Waals surface area contributed by atoms with E-state index >= 15 is 0 Å². The van der Waals surface area contributed by atoms with Crippen molar-refractivity contribution < 1.29 is 18.4 Å². The Morgan fingerprint density at radius 2 is 2.00 bits per heavy atom. The quantitative estimate of drug-likeness (QED) is 0.558. The van der Waals surface area contributed by atoms with Crippen LogP contribution in [0.1, 0.15) is 5.56 Å². The molecule has 0 fully saturated rings. The van der Waals surface area contributed by atoms with Crippen LogP contribution in [-0.4, -0.2) is 24.4 Å². The third-order valence-electron chi connectivity index (χ3n) is 1.88. The first kappa shape index (κ1) is 12.5. The second-order valence-electron chi connectivity index (χ2n) is 3.19. The maximum absolute atomic E-state index is 12.4. The average Bonchev–Trinajstić information content (AvgIpc) is 2.29. The molecule has 6 heteroatoms. The summed E-state index contributed by atoms with van der Waals surface area (Å²) in [5, 5.41) is 10.3. The number of hydrogen-bond acceptors (Lipinski definition) is 3. The maximum atomic E-state index is 12.4. The van der Waals surface area contributed by atoms with Gasteiger partial charge in [-0.1, -0.05) is 0 Å². The van der Waals surface area contributed by atoms with E-state index in [2.05, 4.69) is 0 Å². The number of alkyl halides is 2. The minimum Gasteiger partial charge on any atom is -0.374 e. The zero-order chi connectivity index (χ0) is 12.0. The Hall–Kier alpha value is -1.56. The van der Waals surface area contributed by atoms with Crippen LogP contribution in [-0.2, 0) is 11.3 Å². The normalized spacial score (nSPS) is 12.4. The summed E-state index contributed by atoms with van der Waals surface area (Å²) in [6.45, 7) is -1.27. The molecule has 0 saturated carbocycles. The van der Waals surface area contributed by atoms with Crippen molar-refractivity contribution in [2.75, 3.05) is 13.3 Å². The standard InChI is InChI=1S/C10H11F2NO3/c11-5-9(12)7-16-6-8-1-3-10(4-2-8)13(14)15/h1-4,9H,5-7H2. The molecule has 0 aliphatic rings. The van der Waals surface area contributed by atoms with Gasteiger partial charge < -0.3 is 4.74 Å². The van der Waals surface area contributed by atoms with Crippen LogP contribution < -0.4 is 0 Å². The fraction of sp³-hybridized carbons (Fsp3) is 0.400. The molecule has 0 aliphatic heterocycles. The lowest BCUT2D eigenvalue weighted by molar-refractivity contribution is -0.384. The number of nitro groups is 1.